The van der Waals surface area contributed by atoms with E-state index in [1.54, 1.807) is 11.3 Å². The van der Waals surface area contributed by atoms with Gasteiger partial charge in [0.05, 0.1) is 12.1 Å². The van der Waals surface area contributed by atoms with Crippen molar-refractivity contribution in [3.63, 3.8) is 0 Å². The lowest BCUT2D eigenvalue weighted by Crippen LogP contribution is -2.24. The fourth-order valence-electron chi connectivity index (χ4n) is 2.17. The number of nitrogens with zero attached hydrogens (tertiary/aromatic N) is 2. The van der Waals surface area contributed by atoms with Gasteiger partial charge in [0.15, 0.2) is 5.13 Å². The summed E-state index contributed by atoms with van der Waals surface area (Å²) < 4.78 is 0. The molecule has 1 N–H and O–H groups in total. The Labute approximate surface area is 115 Å². The largest absolute Gasteiger partial charge is 0.481 e. The Hall–Kier alpha value is -0.750. The molecular weight excluding hydrogens is 268 g/mol. The van der Waals surface area contributed by atoms with Gasteiger partial charge in [0.2, 0.25) is 0 Å². The number of aromatic nitrogens is 1. The summed E-state index contributed by atoms with van der Waals surface area (Å²) in [5.74, 6) is -0.815. The van der Waals surface area contributed by atoms with E-state index in [9.17, 15) is 4.79 Å². The molecule has 18 heavy (non-hydrogen) atoms. The van der Waals surface area contributed by atoms with Gasteiger partial charge in [0.25, 0.3) is 0 Å². The summed E-state index contributed by atoms with van der Waals surface area (Å²) in [5.41, 5.74) is 0.674. The van der Waals surface area contributed by atoms with Crippen LogP contribution in [0.3, 0.4) is 0 Å². The number of thioether (sulfide) groups is 1. The minimum absolute atomic E-state index is 0.0256. The molecule has 1 saturated heterocycles. The van der Waals surface area contributed by atoms with Crippen molar-refractivity contribution in [3.05, 3.63) is 11.1 Å². The van der Waals surface area contributed by atoms with Crippen LogP contribution < -0.4 is 4.90 Å². The molecule has 1 atom stereocenters. The monoisotopic (exact) mass is 286 g/mol. The van der Waals surface area contributed by atoms with Crippen LogP contribution in [0.15, 0.2) is 5.38 Å². The summed E-state index contributed by atoms with van der Waals surface area (Å²) in [7, 11) is 0. The fraction of sp³-hybridized carbons (Fsp3) is 0.667. The predicted molar refractivity (Wildman–Crippen MR) is 76.8 cm³/mol. The smallest absolute Gasteiger partial charge is 0.309 e. The number of thiazole rings is 1. The van der Waals surface area contributed by atoms with E-state index in [1.807, 2.05) is 17.1 Å². The first-order valence-corrected chi connectivity index (χ1v) is 8.29. The number of carbonyl (C=O) groups is 1. The van der Waals surface area contributed by atoms with E-state index in [0.717, 1.165) is 23.5 Å². The lowest BCUT2D eigenvalue weighted by molar-refractivity contribution is -0.136. The Balaban J connectivity index is 1.98. The molecule has 0 aromatic carbocycles. The van der Waals surface area contributed by atoms with Crippen LogP contribution in [0.1, 0.15) is 25.0 Å². The van der Waals surface area contributed by atoms with Crippen molar-refractivity contribution in [1.29, 1.82) is 0 Å². The van der Waals surface area contributed by atoms with Gasteiger partial charge in [-0.15, -0.1) is 11.3 Å². The van der Waals surface area contributed by atoms with Crippen molar-refractivity contribution >= 4 is 34.2 Å². The third kappa shape index (κ3) is 3.62. The normalized spacial score (nSPS) is 20.7. The van der Waals surface area contributed by atoms with E-state index in [4.69, 9.17) is 5.11 Å². The zero-order chi connectivity index (χ0) is 13.0. The van der Waals surface area contributed by atoms with Gasteiger partial charge in [-0.1, -0.05) is 0 Å². The molecule has 2 heterocycles. The van der Waals surface area contributed by atoms with E-state index in [2.05, 4.69) is 16.1 Å². The number of carboxylic acid groups (broad SMARTS) is 1. The quantitative estimate of drug-likeness (QED) is 0.921. The second kappa shape index (κ2) is 6.43. The third-order valence-corrected chi connectivity index (χ3v) is 5.24. The average molecular weight is 286 g/mol. The summed E-state index contributed by atoms with van der Waals surface area (Å²) in [6, 6.07) is 0. The first-order chi connectivity index (χ1) is 8.69. The van der Waals surface area contributed by atoms with Gasteiger partial charge in [0, 0.05) is 23.7 Å². The van der Waals surface area contributed by atoms with Gasteiger partial charge in [0.1, 0.15) is 0 Å². The highest BCUT2D eigenvalue weighted by Crippen LogP contribution is 2.27. The van der Waals surface area contributed by atoms with Crippen LogP contribution in [-0.4, -0.2) is 40.7 Å². The number of carboxylic acids is 1. The van der Waals surface area contributed by atoms with Gasteiger partial charge in [-0.25, -0.2) is 4.98 Å². The third-order valence-electron chi connectivity index (χ3n) is 3.15. The summed E-state index contributed by atoms with van der Waals surface area (Å²) in [6.07, 6.45) is 5.85. The predicted octanol–water partition coefficient (Wildman–Crippen LogP) is 2.49. The maximum atomic E-state index is 10.6. The molecule has 0 amide bonds. The second-order valence-electron chi connectivity index (χ2n) is 4.47. The molecule has 0 radical (unpaired) electrons. The van der Waals surface area contributed by atoms with Crippen molar-refractivity contribution in [1.82, 2.24) is 4.98 Å². The zero-order valence-corrected chi connectivity index (χ0v) is 12.1. The van der Waals surface area contributed by atoms with E-state index < -0.39 is 5.97 Å². The van der Waals surface area contributed by atoms with Crippen LogP contribution in [0.4, 0.5) is 5.13 Å². The van der Waals surface area contributed by atoms with Crippen LogP contribution in [0.25, 0.3) is 0 Å². The number of aliphatic carboxylic acids is 1. The standard InChI is InChI=1S/C12H18N2O2S2/c1-17-10-3-2-5-14(6-4-10)12-13-9(8-18-12)7-11(15)16/h8,10H,2-7H2,1H3,(H,15,16). The molecule has 100 valence electrons. The Bertz CT molecular complexity index is 409. The van der Waals surface area contributed by atoms with Gasteiger partial charge >= 0.3 is 5.97 Å². The topological polar surface area (TPSA) is 53.4 Å². The maximum absolute atomic E-state index is 10.6. The molecule has 2 rings (SSSR count). The Kier molecular flexibility index (Phi) is 4.88. The SMILES string of the molecule is CSC1CCCN(c2nc(CC(=O)O)cs2)CC1. The van der Waals surface area contributed by atoms with E-state index in [0.29, 0.717) is 5.69 Å². The number of hydrogen-bond donors (Lipinski definition) is 1. The fourth-order valence-corrected chi connectivity index (χ4v) is 3.79. The number of rotatable bonds is 4. The van der Waals surface area contributed by atoms with Crippen LogP contribution in [0.2, 0.25) is 0 Å². The van der Waals surface area contributed by atoms with Gasteiger partial charge in [-0.05, 0) is 25.5 Å². The van der Waals surface area contributed by atoms with Gasteiger partial charge in [-0.2, -0.15) is 11.8 Å². The summed E-state index contributed by atoms with van der Waals surface area (Å²) in [4.78, 5) is 17.4. The first-order valence-electron chi connectivity index (χ1n) is 6.13. The highest BCUT2D eigenvalue weighted by atomic mass is 32.2. The van der Waals surface area contributed by atoms with E-state index >= 15 is 0 Å². The molecular formula is C12H18N2O2S2. The molecule has 6 heteroatoms. The van der Waals surface area contributed by atoms with Crippen molar-refractivity contribution < 1.29 is 9.90 Å². The minimum atomic E-state index is -0.815. The van der Waals surface area contributed by atoms with Gasteiger partial charge < -0.3 is 10.0 Å². The Morgan fingerprint density at radius 2 is 2.44 bits per heavy atom. The molecule has 0 bridgehead atoms. The van der Waals surface area contributed by atoms with Crippen LogP contribution in [0, 0.1) is 0 Å². The molecule has 1 aromatic rings. The highest BCUT2D eigenvalue weighted by molar-refractivity contribution is 7.99. The zero-order valence-electron chi connectivity index (χ0n) is 10.5. The molecule has 1 aromatic heterocycles. The van der Waals surface area contributed by atoms with Crippen molar-refractivity contribution in [2.24, 2.45) is 0 Å². The number of hydrogen-bond acceptors (Lipinski definition) is 5. The molecule has 1 fully saturated rings. The van der Waals surface area contributed by atoms with Crippen molar-refractivity contribution in [2.75, 3.05) is 24.2 Å². The molecule has 4 nitrogen and oxygen atoms in total. The Morgan fingerprint density at radius 1 is 1.61 bits per heavy atom. The highest BCUT2D eigenvalue weighted by Gasteiger charge is 2.18. The average Bonchev–Trinajstić information content (AvgIpc) is 2.64. The molecule has 1 aliphatic heterocycles. The van der Waals surface area contributed by atoms with Crippen molar-refractivity contribution in [3.8, 4) is 0 Å². The summed E-state index contributed by atoms with van der Waals surface area (Å²) in [5, 5.41) is 12.3. The van der Waals surface area contributed by atoms with E-state index in [-0.39, 0.29) is 6.42 Å². The Morgan fingerprint density at radius 3 is 3.17 bits per heavy atom. The summed E-state index contributed by atoms with van der Waals surface area (Å²) >= 11 is 3.51. The van der Waals surface area contributed by atoms with E-state index in [1.165, 1.54) is 19.3 Å². The molecule has 0 saturated carbocycles. The van der Waals surface area contributed by atoms with Crippen molar-refractivity contribution in [2.45, 2.75) is 30.9 Å². The van der Waals surface area contributed by atoms with Crippen LogP contribution in [0.5, 0.6) is 0 Å². The maximum Gasteiger partial charge on any atom is 0.309 e. The lowest BCUT2D eigenvalue weighted by Gasteiger charge is -2.19. The molecule has 1 unspecified atom stereocenters. The minimum Gasteiger partial charge on any atom is -0.481 e. The van der Waals surface area contributed by atoms with Crippen LogP contribution >= 0.6 is 23.1 Å². The van der Waals surface area contributed by atoms with Crippen LogP contribution in [-0.2, 0) is 11.2 Å². The molecule has 0 aliphatic carbocycles. The number of anilines is 1. The second-order valence-corrected chi connectivity index (χ2v) is 6.44. The molecule has 0 spiro atoms. The molecule has 1 aliphatic rings. The summed E-state index contributed by atoms with van der Waals surface area (Å²) in [6.45, 7) is 2.07. The first kappa shape index (κ1) is 13.7. The van der Waals surface area contributed by atoms with Gasteiger partial charge in [-0.3, -0.25) is 4.79 Å². The lowest BCUT2D eigenvalue weighted by atomic mass is 10.2.